The quantitative estimate of drug-likeness (QED) is 0.860. The monoisotopic (exact) mass is 272 g/mol. The summed E-state index contributed by atoms with van der Waals surface area (Å²) >= 11 is 11.6. The van der Waals surface area contributed by atoms with E-state index >= 15 is 0 Å². The van der Waals surface area contributed by atoms with Crippen LogP contribution in [0.4, 0.5) is 0 Å². The molecule has 0 bridgehead atoms. The fraction of sp³-hybridized carbons (Fsp3) is 0.583. The van der Waals surface area contributed by atoms with Crippen molar-refractivity contribution in [1.82, 2.24) is 10.3 Å². The molecule has 1 aliphatic carbocycles. The van der Waals surface area contributed by atoms with Crippen molar-refractivity contribution in [3.63, 3.8) is 0 Å². The fourth-order valence-corrected chi connectivity index (χ4v) is 2.91. The molecule has 2 fully saturated rings. The molecule has 92 valence electrons. The Kier molecular flexibility index (Phi) is 3.16. The summed E-state index contributed by atoms with van der Waals surface area (Å²) in [5.74, 6) is 2.54. The van der Waals surface area contributed by atoms with Crippen LogP contribution >= 0.6 is 23.2 Å². The summed E-state index contributed by atoms with van der Waals surface area (Å²) in [5.41, 5.74) is 0. The van der Waals surface area contributed by atoms with E-state index in [-0.39, 0.29) is 0 Å². The van der Waals surface area contributed by atoms with Crippen LogP contribution in [0.15, 0.2) is 12.1 Å². The standard InChI is InChI=1S/C12H14Cl2N2O/c13-11-3-10(4-12(14)16-11)17-6-9-2-7-1-8(7)5-15-9/h3-4,7-9,15H,1-2,5-6H2/t7-,8+,9-/m0/s1. The molecule has 1 saturated carbocycles. The van der Waals surface area contributed by atoms with Gasteiger partial charge in [-0.1, -0.05) is 23.2 Å². The van der Waals surface area contributed by atoms with Gasteiger partial charge in [0, 0.05) is 18.2 Å². The van der Waals surface area contributed by atoms with Gasteiger partial charge in [-0.25, -0.2) is 4.98 Å². The van der Waals surface area contributed by atoms with Crippen molar-refractivity contribution in [3.8, 4) is 5.75 Å². The zero-order valence-electron chi connectivity index (χ0n) is 9.33. The predicted molar refractivity (Wildman–Crippen MR) is 67.8 cm³/mol. The van der Waals surface area contributed by atoms with E-state index in [1.807, 2.05) is 0 Å². The SMILES string of the molecule is Clc1cc(OC[C@@H]2C[C@@H]3C[C@@H]3CN2)cc(Cl)n1. The summed E-state index contributed by atoms with van der Waals surface area (Å²) in [7, 11) is 0. The highest BCUT2D eigenvalue weighted by molar-refractivity contribution is 6.32. The maximum atomic E-state index is 5.81. The topological polar surface area (TPSA) is 34.1 Å². The Morgan fingerprint density at radius 3 is 2.71 bits per heavy atom. The Bertz CT molecular complexity index is 407. The number of ether oxygens (including phenoxy) is 1. The van der Waals surface area contributed by atoms with Crippen LogP contribution in [-0.4, -0.2) is 24.2 Å². The Labute approximate surface area is 110 Å². The molecule has 2 aliphatic rings. The van der Waals surface area contributed by atoms with E-state index in [1.54, 1.807) is 12.1 Å². The summed E-state index contributed by atoms with van der Waals surface area (Å²) in [4.78, 5) is 3.88. The highest BCUT2D eigenvalue weighted by atomic mass is 35.5. The average Bonchev–Trinajstić information content (AvgIpc) is 3.03. The second-order valence-corrected chi connectivity index (χ2v) is 5.63. The minimum atomic E-state index is 0.367. The minimum absolute atomic E-state index is 0.367. The summed E-state index contributed by atoms with van der Waals surface area (Å²) in [5, 5.41) is 4.24. The van der Waals surface area contributed by atoms with Gasteiger partial charge >= 0.3 is 0 Å². The van der Waals surface area contributed by atoms with E-state index in [4.69, 9.17) is 27.9 Å². The highest BCUT2D eigenvalue weighted by Gasteiger charge is 2.41. The molecule has 0 amide bonds. The summed E-state index contributed by atoms with van der Waals surface area (Å²) in [6.07, 6.45) is 2.60. The third-order valence-electron chi connectivity index (χ3n) is 3.51. The van der Waals surface area contributed by atoms with Gasteiger partial charge in [0.15, 0.2) is 0 Å². The van der Waals surface area contributed by atoms with Crippen LogP contribution in [-0.2, 0) is 0 Å². The van der Waals surface area contributed by atoms with Gasteiger partial charge in [-0.3, -0.25) is 0 Å². The summed E-state index contributed by atoms with van der Waals surface area (Å²) in [6, 6.07) is 3.83. The van der Waals surface area contributed by atoms with Crippen LogP contribution in [0, 0.1) is 11.8 Å². The van der Waals surface area contributed by atoms with Crippen molar-refractivity contribution in [2.75, 3.05) is 13.2 Å². The van der Waals surface area contributed by atoms with Gasteiger partial charge in [-0.15, -0.1) is 0 Å². The molecule has 1 aromatic heterocycles. The first kappa shape index (κ1) is 11.6. The molecule has 1 aliphatic heterocycles. The van der Waals surface area contributed by atoms with Crippen LogP contribution in [0.2, 0.25) is 10.3 Å². The van der Waals surface area contributed by atoms with E-state index in [0.29, 0.717) is 28.7 Å². The summed E-state index contributed by atoms with van der Waals surface area (Å²) < 4.78 is 5.70. The Morgan fingerprint density at radius 1 is 1.24 bits per heavy atom. The average molecular weight is 273 g/mol. The van der Waals surface area contributed by atoms with Gasteiger partial charge in [0.05, 0.1) is 0 Å². The van der Waals surface area contributed by atoms with E-state index in [1.165, 1.54) is 12.8 Å². The number of rotatable bonds is 3. The number of nitrogens with one attached hydrogen (secondary N) is 1. The third-order valence-corrected chi connectivity index (χ3v) is 3.90. The van der Waals surface area contributed by atoms with Crippen molar-refractivity contribution in [3.05, 3.63) is 22.4 Å². The molecule has 3 atom stereocenters. The number of hydrogen-bond donors (Lipinski definition) is 1. The second-order valence-electron chi connectivity index (χ2n) is 4.86. The Morgan fingerprint density at radius 2 is 2.00 bits per heavy atom. The van der Waals surface area contributed by atoms with Crippen molar-refractivity contribution in [2.45, 2.75) is 18.9 Å². The van der Waals surface area contributed by atoms with Gasteiger partial charge < -0.3 is 10.1 Å². The van der Waals surface area contributed by atoms with E-state index in [2.05, 4.69) is 10.3 Å². The third kappa shape index (κ3) is 2.84. The first-order valence-electron chi connectivity index (χ1n) is 5.90. The van der Waals surface area contributed by atoms with Gasteiger partial charge in [-0.2, -0.15) is 0 Å². The van der Waals surface area contributed by atoms with Crippen molar-refractivity contribution in [2.24, 2.45) is 11.8 Å². The normalized spacial score (nSPS) is 30.8. The van der Waals surface area contributed by atoms with Crippen molar-refractivity contribution in [1.29, 1.82) is 0 Å². The highest BCUT2D eigenvalue weighted by Crippen LogP contribution is 2.44. The number of piperidine rings is 1. The van der Waals surface area contributed by atoms with Crippen LogP contribution in [0.3, 0.4) is 0 Å². The molecular weight excluding hydrogens is 259 g/mol. The van der Waals surface area contributed by atoms with E-state index < -0.39 is 0 Å². The van der Waals surface area contributed by atoms with Crippen LogP contribution < -0.4 is 10.1 Å². The molecule has 5 heteroatoms. The number of fused-ring (bicyclic) bond motifs is 1. The molecule has 0 radical (unpaired) electrons. The van der Waals surface area contributed by atoms with Gasteiger partial charge in [0.25, 0.3) is 0 Å². The lowest BCUT2D eigenvalue weighted by Crippen LogP contribution is -2.39. The lowest BCUT2D eigenvalue weighted by molar-refractivity contribution is 0.234. The van der Waals surface area contributed by atoms with Crippen LogP contribution in [0.1, 0.15) is 12.8 Å². The zero-order chi connectivity index (χ0) is 11.8. The lowest BCUT2D eigenvalue weighted by Gasteiger charge is -2.23. The molecule has 1 saturated heterocycles. The van der Waals surface area contributed by atoms with E-state index in [9.17, 15) is 0 Å². The molecule has 0 spiro atoms. The molecule has 3 nitrogen and oxygen atoms in total. The van der Waals surface area contributed by atoms with Gasteiger partial charge in [-0.05, 0) is 31.2 Å². The summed E-state index contributed by atoms with van der Waals surface area (Å²) in [6.45, 7) is 1.80. The van der Waals surface area contributed by atoms with E-state index in [0.717, 1.165) is 18.4 Å². The number of aromatic nitrogens is 1. The molecule has 17 heavy (non-hydrogen) atoms. The second kappa shape index (κ2) is 4.63. The molecule has 1 N–H and O–H groups in total. The smallest absolute Gasteiger partial charge is 0.134 e. The van der Waals surface area contributed by atoms with Crippen LogP contribution in [0.25, 0.3) is 0 Å². The van der Waals surface area contributed by atoms with Crippen molar-refractivity contribution < 1.29 is 4.74 Å². The maximum absolute atomic E-state index is 5.81. The first-order chi connectivity index (χ1) is 8.20. The Balaban J connectivity index is 1.55. The largest absolute Gasteiger partial charge is 0.492 e. The first-order valence-corrected chi connectivity index (χ1v) is 6.65. The van der Waals surface area contributed by atoms with Crippen LogP contribution in [0.5, 0.6) is 5.75 Å². The molecule has 1 aromatic rings. The van der Waals surface area contributed by atoms with Crippen molar-refractivity contribution >= 4 is 23.2 Å². The molecular formula is C12H14Cl2N2O. The number of halogens is 2. The number of nitrogens with zero attached hydrogens (tertiary/aromatic N) is 1. The number of pyridine rings is 1. The lowest BCUT2D eigenvalue weighted by atomic mass is 10.1. The molecule has 2 heterocycles. The van der Waals surface area contributed by atoms with Gasteiger partial charge in [0.2, 0.25) is 0 Å². The fourth-order valence-electron chi connectivity index (χ4n) is 2.47. The minimum Gasteiger partial charge on any atom is -0.492 e. The maximum Gasteiger partial charge on any atom is 0.134 e. The Hall–Kier alpha value is -0.510. The molecule has 3 rings (SSSR count). The zero-order valence-corrected chi connectivity index (χ0v) is 10.8. The molecule has 0 aromatic carbocycles. The molecule has 0 unspecified atom stereocenters. The van der Waals surface area contributed by atoms with Gasteiger partial charge in [0.1, 0.15) is 22.7 Å². The predicted octanol–water partition coefficient (Wildman–Crippen LogP) is 2.77. The number of hydrogen-bond acceptors (Lipinski definition) is 3.